The SMILES string of the molecule is Cc1c(-c2ccccc2F)cnc(-c2ccccc2F)c1[N+](=O)[O-]. The highest BCUT2D eigenvalue weighted by molar-refractivity contribution is 5.79. The summed E-state index contributed by atoms with van der Waals surface area (Å²) in [5.74, 6) is -1.11. The van der Waals surface area contributed by atoms with E-state index in [4.69, 9.17) is 0 Å². The van der Waals surface area contributed by atoms with Crippen LogP contribution in [0, 0.1) is 28.7 Å². The molecule has 0 fully saturated rings. The molecule has 0 saturated heterocycles. The molecule has 0 N–H and O–H groups in total. The molecule has 6 heteroatoms. The molecule has 0 saturated carbocycles. The van der Waals surface area contributed by atoms with E-state index in [-0.39, 0.29) is 28.1 Å². The molecule has 0 atom stereocenters. The minimum atomic E-state index is -0.617. The summed E-state index contributed by atoms with van der Waals surface area (Å²) >= 11 is 0. The number of rotatable bonds is 3. The minimum Gasteiger partial charge on any atom is -0.258 e. The van der Waals surface area contributed by atoms with Crippen molar-refractivity contribution in [3.8, 4) is 22.4 Å². The predicted molar refractivity (Wildman–Crippen MR) is 86.4 cm³/mol. The fraction of sp³-hybridized carbons (Fsp3) is 0.0556. The number of pyridine rings is 1. The molecule has 0 unspecified atom stereocenters. The van der Waals surface area contributed by atoms with Crippen molar-refractivity contribution in [1.29, 1.82) is 0 Å². The molecule has 0 aliphatic heterocycles. The third-order valence-electron chi connectivity index (χ3n) is 3.78. The Labute approximate surface area is 136 Å². The Bertz CT molecular complexity index is 942. The summed E-state index contributed by atoms with van der Waals surface area (Å²) in [6.45, 7) is 1.51. The Hall–Kier alpha value is -3.15. The summed E-state index contributed by atoms with van der Waals surface area (Å²) in [6, 6.07) is 11.7. The molecule has 0 aliphatic rings. The van der Waals surface area contributed by atoms with Crippen molar-refractivity contribution in [3.63, 3.8) is 0 Å². The van der Waals surface area contributed by atoms with Crippen LogP contribution in [0.2, 0.25) is 0 Å². The van der Waals surface area contributed by atoms with Crippen LogP contribution in [-0.2, 0) is 0 Å². The number of halogens is 2. The van der Waals surface area contributed by atoms with Gasteiger partial charge in [-0.05, 0) is 25.1 Å². The number of hydrogen-bond acceptors (Lipinski definition) is 3. The molecule has 24 heavy (non-hydrogen) atoms. The van der Waals surface area contributed by atoms with Gasteiger partial charge in [-0.1, -0.05) is 30.3 Å². The van der Waals surface area contributed by atoms with Crippen molar-refractivity contribution in [3.05, 3.63) is 82.0 Å². The molecule has 0 aliphatic carbocycles. The Balaban J connectivity index is 2.29. The van der Waals surface area contributed by atoms with E-state index < -0.39 is 16.6 Å². The van der Waals surface area contributed by atoms with E-state index >= 15 is 0 Å². The second-order valence-electron chi connectivity index (χ2n) is 5.21. The summed E-state index contributed by atoms with van der Waals surface area (Å²) < 4.78 is 28.0. The maximum absolute atomic E-state index is 14.0. The van der Waals surface area contributed by atoms with Crippen LogP contribution in [0.5, 0.6) is 0 Å². The van der Waals surface area contributed by atoms with Crippen LogP contribution >= 0.6 is 0 Å². The summed E-state index contributed by atoms with van der Waals surface area (Å²) in [5.41, 5.74) is 0.382. The Morgan fingerprint density at radius 3 is 2.00 bits per heavy atom. The highest BCUT2D eigenvalue weighted by Crippen LogP contribution is 2.37. The lowest BCUT2D eigenvalue weighted by Crippen LogP contribution is -2.01. The van der Waals surface area contributed by atoms with Crippen molar-refractivity contribution in [2.75, 3.05) is 0 Å². The van der Waals surface area contributed by atoms with Gasteiger partial charge >= 0.3 is 0 Å². The normalized spacial score (nSPS) is 10.6. The van der Waals surface area contributed by atoms with Crippen molar-refractivity contribution in [2.45, 2.75) is 6.92 Å². The van der Waals surface area contributed by atoms with E-state index in [9.17, 15) is 18.9 Å². The van der Waals surface area contributed by atoms with Gasteiger partial charge in [-0.15, -0.1) is 0 Å². The standard InChI is InChI=1S/C18H12F2N2O2/c1-11-14(12-6-2-4-8-15(12)19)10-21-17(18(11)22(23)24)13-7-3-5-9-16(13)20/h2-10H,1H3. The van der Waals surface area contributed by atoms with Crippen LogP contribution in [0.15, 0.2) is 54.7 Å². The van der Waals surface area contributed by atoms with Gasteiger partial charge in [0.2, 0.25) is 0 Å². The molecule has 120 valence electrons. The fourth-order valence-corrected chi connectivity index (χ4v) is 2.62. The lowest BCUT2D eigenvalue weighted by atomic mass is 9.98. The van der Waals surface area contributed by atoms with Crippen LogP contribution in [0.1, 0.15) is 5.56 Å². The molecular formula is C18H12F2N2O2. The summed E-state index contributed by atoms with van der Waals surface area (Å²) in [5, 5.41) is 11.5. The monoisotopic (exact) mass is 326 g/mol. The van der Waals surface area contributed by atoms with Gasteiger partial charge in [0, 0.05) is 28.5 Å². The molecule has 3 aromatic rings. The van der Waals surface area contributed by atoms with Crippen molar-refractivity contribution < 1.29 is 13.7 Å². The largest absolute Gasteiger partial charge is 0.299 e. The topological polar surface area (TPSA) is 56.0 Å². The van der Waals surface area contributed by atoms with Gasteiger partial charge in [-0.2, -0.15) is 0 Å². The summed E-state index contributed by atoms with van der Waals surface area (Å²) in [7, 11) is 0. The van der Waals surface area contributed by atoms with Crippen LogP contribution in [0.25, 0.3) is 22.4 Å². The van der Waals surface area contributed by atoms with Crippen LogP contribution in [-0.4, -0.2) is 9.91 Å². The molecule has 4 nitrogen and oxygen atoms in total. The number of hydrogen-bond donors (Lipinski definition) is 0. The number of aromatic nitrogens is 1. The van der Waals surface area contributed by atoms with Crippen molar-refractivity contribution in [2.24, 2.45) is 0 Å². The first kappa shape index (κ1) is 15.7. The highest BCUT2D eigenvalue weighted by Gasteiger charge is 2.25. The van der Waals surface area contributed by atoms with Crippen molar-refractivity contribution in [1.82, 2.24) is 4.98 Å². The Morgan fingerprint density at radius 1 is 0.917 bits per heavy atom. The average molecular weight is 326 g/mol. The van der Waals surface area contributed by atoms with Crippen LogP contribution < -0.4 is 0 Å². The smallest absolute Gasteiger partial charge is 0.258 e. The first-order chi connectivity index (χ1) is 11.5. The molecule has 0 amide bonds. The quantitative estimate of drug-likeness (QED) is 0.507. The molecule has 3 rings (SSSR count). The minimum absolute atomic E-state index is 0.0346. The lowest BCUT2D eigenvalue weighted by molar-refractivity contribution is -0.384. The van der Waals surface area contributed by atoms with Crippen molar-refractivity contribution >= 4 is 5.69 Å². The zero-order valence-electron chi connectivity index (χ0n) is 12.7. The fourth-order valence-electron chi connectivity index (χ4n) is 2.62. The van der Waals surface area contributed by atoms with Gasteiger partial charge in [-0.3, -0.25) is 10.1 Å². The van der Waals surface area contributed by atoms with Crippen LogP contribution in [0.4, 0.5) is 14.5 Å². The van der Waals surface area contributed by atoms with Gasteiger partial charge in [-0.25, -0.2) is 13.8 Å². The first-order valence-corrected chi connectivity index (χ1v) is 7.14. The molecule has 0 spiro atoms. The van der Waals surface area contributed by atoms with Gasteiger partial charge in [0.05, 0.1) is 4.92 Å². The summed E-state index contributed by atoms with van der Waals surface area (Å²) in [4.78, 5) is 15.0. The van der Waals surface area contributed by atoms with E-state index in [1.807, 2.05) is 0 Å². The lowest BCUT2D eigenvalue weighted by Gasteiger charge is -2.11. The van der Waals surface area contributed by atoms with E-state index in [2.05, 4.69) is 4.98 Å². The first-order valence-electron chi connectivity index (χ1n) is 7.14. The average Bonchev–Trinajstić information content (AvgIpc) is 2.55. The second kappa shape index (κ2) is 6.16. The number of nitrogens with zero attached hydrogens (tertiary/aromatic N) is 2. The molecule has 0 bridgehead atoms. The molecule has 2 aromatic carbocycles. The van der Waals surface area contributed by atoms with E-state index in [1.54, 1.807) is 12.1 Å². The van der Waals surface area contributed by atoms with Gasteiger partial charge in [0.25, 0.3) is 5.69 Å². The van der Waals surface area contributed by atoms with E-state index in [0.717, 1.165) is 0 Å². The zero-order chi connectivity index (χ0) is 17.3. The third-order valence-corrected chi connectivity index (χ3v) is 3.78. The second-order valence-corrected chi connectivity index (χ2v) is 5.21. The molecule has 1 heterocycles. The Kier molecular flexibility index (Phi) is 4.04. The number of benzene rings is 2. The van der Waals surface area contributed by atoms with Crippen LogP contribution in [0.3, 0.4) is 0 Å². The maximum atomic E-state index is 14.0. The molecule has 0 radical (unpaired) electrons. The predicted octanol–water partition coefficient (Wildman–Crippen LogP) is 4.91. The zero-order valence-corrected chi connectivity index (χ0v) is 12.7. The molecular weight excluding hydrogens is 314 g/mol. The molecule has 1 aromatic heterocycles. The van der Waals surface area contributed by atoms with Gasteiger partial charge in [0.1, 0.15) is 11.6 Å². The van der Waals surface area contributed by atoms with Gasteiger partial charge in [0.15, 0.2) is 5.69 Å². The Morgan fingerprint density at radius 2 is 1.46 bits per heavy atom. The van der Waals surface area contributed by atoms with E-state index in [1.165, 1.54) is 49.5 Å². The van der Waals surface area contributed by atoms with Gasteiger partial charge < -0.3 is 0 Å². The highest BCUT2D eigenvalue weighted by atomic mass is 19.1. The van der Waals surface area contributed by atoms with E-state index in [0.29, 0.717) is 5.56 Å². The maximum Gasteiger partial charge on any atom is 0.299 e. The summed E-state index contributed by atoms with van der Waals surface area (Å²) in [6.07, 6.45) is 1.34. The number of nitro groups is 1. The third kappa shape index (κ3) is 2.62.